The van der Waals surface area contributed by atoms with Gasteiger partial charge in [0.1, 0.15) is 0 Å². The lowest BCUT2D eigenvalue weighted by Crippen LogP contribution is -2.11. The second-order valence-electron chi connectivity index (χ2n) is 3.68. The molecule has 0 saturated carbocycles. The first kappa shape index (κ1) is 13.9. The van der Waals surface area contributed by atoms with Gasteiger partial charge in [-0.3, -0.25) is 4.79 Å². The van der Waals surface area contributed by atoms with Crippen LogP contribution in [0.1, 0.15) is 22.3 Å². The summed E-state index contributed by atoms with van der Waals surface area (Å²) in [4.78, 5) is 10.9. The van der Waals surface area contributed by atoms with Gasteiger partial charge in [0.25, 0.3) is 0 Å². The van der Waals surface area contributed by atoms with Crippen molar-refractivity contribution in [1.82, 2.24) is 0 Å². The number of methoxy groups -OCH3 is 1. The number of amides is 1. The van der Waals surface area contributed by atoms with E-state index in [2.05, 4.69) is 0 Å². The molecule has 0 bridgehead atoms. The summed E-state index contributed by atoms with van der Waals surface area (Å²) in [6.45, 7) is 0.781. The van der Waals surface area contributed by atoms with Crippen LogP contribution in [0.4, 0.5) is 5.69 Å². The first-order chi connectivity index (χ1) is 8.15. The van der Waals surface area contributed by atoms with Gasteiger partial charge in [-0.25, -0.2) is 0 Å². The van der Waals surface area contributed by atoms with E-state index in [1.807, 2.05) is 6.07 Å². The Bertz CT molecular complexity index is 383. The molecule has 0 unspecified atom stereocenters. The van der Waals surface area contributed by atoms with Gasteiger partial charge in [0.15, 0.2) is 0 Å². The van der Waals surface area contributed by atoms with E-state index in [0.29, 0.717) is 11.3 Å². The van der Waals surface area contributed by atoms with Gasteiger partial charge in [-0.05, 0) is 29.9 Å². The maximum absolute atomic E-state index is 10.9. The standard InChI is InChI=1S/C12H18N2O2S/c1-16-5-2-6-17-8-10-4-3-9(12(14)15)7-11(10)13/h3-4,7H,2,5-6,8,13H2,1H3,(H2,14,15). The lowest BCUT2D eigenvalue weighted by Gasteiger charge is -2.06. The summed E-state index contributed by atoms with van der Waals surface area (Å²) in [5, 5.41) is 0. The molecule has 0 saturated heterocycles. The Hall–Kier alpha value is -1.20. The predicted molar refractivity (Wildman–Crippen MR) is 72.0 cm³/mol. The molecule has 0 spiro atoms. The molecule has 0 atom stereocenters. The molecule has 1 rings (SSSR count). The molecular weight excluding hydrogens is 236 g/mol. The zero-order valence-corrected chi connectivity index (χ0v) is 10.8. The fourth-order valence-corrected chi connectivity index (χ4v) is 2.32. The number of nitrogen functional groups attached to an aromatic ring is 1. The highest BCUT2D eigenvalue weighted by Crippen LogP contribution is 2.20. The van der Waals surface area contributed by atoms with Crippen molar-refractivity contribution in [1.29, 1.82) is 0 Å². The van der Waals surface area contributed by atoms with Gasteiger partial charge in [0.05, 0.1) is 0 Å². The summed E-state index contributed by atoms with van der Waals surface area (Å²) in [7, 11) is 1.70. The normalized spacial score (nSPS) is 10.4. The number of nitrogens with two attached hydrogens (primary N) is 2. The summed E-state index contributed by atoms with van der Waals surface area (Å²) >= 11 is 1.80. The number of ether oxygens (including phenoxy) is 1. The highest BCUT2D eigenvalue weighted by atomic mass is 32.2. The van der Waals surface area contributed by atoms with Crippen LogP contribution in [0.5, 0.6) is 0 Å². The third-order valence-corrected chi connectivity index (χ3v) is 3.42. The van der Waals surface area contributed by atoms with Crippen LogP contribution in [-0.2, 0) is 10.5 Å². The summed E-state index contributed by atoms with van der Waals surface area (Å²) in [5.41, 5.74) is 13.1. The molecule has 0 aliphatic carbocycles. The summed E-state index contributed by atoms with van der Waals surface area (Å²) < 4.78 is 4.97. The molecule has 0 aliphatic heterocycles. The van der Waals surface area contributed by atoms with Crippen molar-refractivity contribution < 1.29 is 9.53 Å². The Morgan fingerprint density at radius 1 is 1.47 bits per heavy atom. The van der Waals surface area contributed by atoms with Crippen LogP contribution >= 0.6 is 11.8 Å². The maximum Gasteiger partial charge on any atom is 0.248 e. The highest BCUT2D eigenvalue weighted by Gasteiger charge is 2.04. The minimum absolute atomic E-state index is 0.448. The van der Waals surface area contributed by atoms with Gasteiger partial charge < -0.3 is 16.2 Å². The van der Waals surface area contributed by atoms with Gasteiger partial charge in [-0.1, -0.05) is 6.07 Å². The summed E-state index contributed by atoms with van der Waals surface area (Å²) in [5.74, 6) is 1.43. The van der Waals surface area contributed by atoms with Crippen LogP contribution in [0, 0.1) is 0 Å². The average molecular weight is 254 g/mol. The lowest BCUT2D eigenvalue weighted by atomic mass is 10.1. The summed E-state index contributed by atoms with van der Waals surface area (Å²) in [6.07, 6.45) is 1.03. The van der Waals surface area contributed by atoms with Gasteiger partial charge in [-0.15, -0.1) is 0 Å². The fraction of sp³-hybridized carbons (Fsp3) is 0.417. The molecule has 1 amide bonds. The van der Waals surface area contributed by atoms with E-state index in [1.165, 1.54) is 0 Å². The number of primary amides is 1. The van der Waals surface area contributed by atoms with E-state index >= 15 is 0 Å². The van der Waals surface area contributed by atoms with Crippen molar-refractivity contribution in [3.8, 4) is 0 Å². The molecule has 4 nitrogen and oxygen atoms in total. The third kappa shape index (κ3) is 4.66. The Morgan fingerprint density at radius 3 is 2.82 bits per heavy atom. The van der Waals surface area contributed by atoms with Crippen LogP contribution < -0.4 is 11.5 Å². The third-order valence-electron chi connectivity index (χ3n) is 2.33. The van der Waals surface area contributed by atoms with Gasteiger partial charge >= 0.3 is 0 Å². The molecule has 0 fully saturated rings. The number of benzene rings is 1. The Morgan fingerprint density at radius 2 is 2.24 bits per heavy atom. The SMILES string of the molecule is COCCCSCc1ccc(C(N)=O)cc1N. The fourth-order valence-electron chi connectivity index (χ4n) is 1.37. The number of thioether (sulfide) groups is 1. The molecule has 0 heterocycles. The minimum atomic E-state index is -0.448. The number of rotatable bonds is 7. The molecule has 0 aliphatic rings. The zero-order valence-electron chi connectivity index (χ0n) is 9.94. The second-order valence-corrected chi connectivity index (χ2v) is 4.78. The van der Waals surface area contributed by atoms with Crippen molar-refractivity contribution in [3.05, 3.63) is 29.3 Å². The molecule has 1 aromatic carbocycles. The Labute approximate surface area is 106 Å². The van der Waals surface area contributed by atoms with E-state index in [0.717, 1.165) is 30.1 Å². The first-order valence-electron chi connectivity index (χ1n) is 5.40. The Kier molecular flexibility index (Phi) is 5.86. The van der Waals surface area contributed by atoms with Crippen LogP contribution in [0.2, 0.25) is 0 Å². The van der Waals surface area contributed by atoms with E-state index < -0.39 is 5.91 Å². The van der Waals surface area contributed by atoms with E-state index in [9.17, 15) is 4.79 Å². The van der Waals surface area contributed by atoms with Crippen LogP contribution in [0.3, 0.4) is 0 Å². The highest BCUT2D eigenvalue weighted by molar-refractivity contribution is 7.98. The number of carbonyl (C=O) groups excluding carboxylic acids is 1. The van der Waals surface area contributed by atoms with E-state index in [4.69, 9.17) is 16.2 Å². The molecule has 17 heavy (non-hydrogen) atoms. The van der Waals surface area contributed by atoms with Crippen molar-refractivity contribution >= 4 is 23.4 Å². The topological polar surface area (TPSA) is 78.3 Å². The van der Waals surface area contributed by atoms with Crippen molar-refractivity contribution in [2.24, 2.45) is 5.73 Å². The quantitative estimate of drug-likeness (QED) is 0.572. The smallest absolute Gasteiger partial charge is 0.248 e. The largest absolute Gasteiger partial charge is 0.398 e. The predicted octanol–water partition coefficient (Wildman–Crippen LogP) is 1.64. The van der Waals surface area contributed by atoms with Crippen molar-refractivity contribution in [3.63, 3.8) is 0 Å². The number of hydrogen-bond donors (Lipinski definition) is 2. The number of carbonyl (C=O) groups is 1. The first-order valence-corrected chi connectivity index (χ1v) is 6.55. The molecular formula is C12H18N2O2S. The molecule has 94 valence electrons. The van der Waals surface area contributed by atoms with Gasteiger partial charge in [0.2, 0.25) is 5.91 Å². The number of anilines is 1. The monoisotopic (exact) mass is 254 g/mol. The average Bonchev–Trinajstić information content (AvgIpc) is 2.30. The molecule has 0 aromatic heterocycles. The van der Waals surface area contributed by atoms with Crippen LogP contribution in [-0.4, -0.2) is 25.4 Å². The van der Waals surface area contributed by atoms with Gasteiger partial charge in [-0.2, -0.15) is 11.8 Å². The summed E-state index contributed by atoms with van der Waals surface area (Å²) in [6, 6.07) is 5.20. The molecule has 5 heteroatoms. The second kappa shape index (κ2) is 7.19. The van der Waals surface area contributed by atoms with E-state index in [-0.39, 0.29) is 0 Å². The Balaban J connectivity index is 2.46. The molecule has 4 N–H and O–H groups in total. The molecule has 1 aromatic rings. The molecule has 0 radical (unpaired) electrons. The number of hydrogen-bond acceptors (Lipinski definition) is 4. The zero-order chi connectivity index (χ0) is 12.7. The maximum atomic E-state index is 10.9. The van der Waals surface area contributed by atoms with Gasteiger partial charge in [0, 0.05) is 30.7 Å². The van der Waals surface area contributed by atoms with Crippen LogP contribution in [0.15, 0.2) is 18.2 Å². The lowest BCUT2D eigenvalue weighted by molar-refractivity contribution is 0.100. The minimum Gasteiger partial charge on any atom is -0.398 e. The van der Waals surface area contributed by atoms with E-state index in [1.54, 1.807) is 31.0 Å². The van der Waals surface area contributed by atoms with Crippen molar-refractivity contribution in [2.75, 3.05) is 25.2 Å². The van der Waals surface area contributed by atoms with Crippen molar-refractivity contribution in [2.45, 2.75) is 12.2 Å². The van der Waals surface area contributed by atoms with Crippen LogP contribution in [0.25, 0.3) is 0 Å².